The number of nitrogens with one attached hydrogen (secondary N) is 1. The summed E-state index contributed by atoms with van der Waals surface area (Å²) >= 11 is 0. The summed E-state index contributed by atoms with van der Waals surface area (Å²) < 4.78 is 32.6. The third kappa shape index (κ3) is 5.80. The van der Waals surface area contributed by atoms with Crippen molar-refractivity contribution in [3.05, 3.63) is 58.1 Å². The summed E-state index contributed by atoms with van der Waals surface area (Å²) in [6.45, 7) is 2.36. The molecule has 0 aliphatic carbocycles. The van der Waals surface area contributed by atoms with Crippen molar-refractivity contribution >= 4 is 21.4 Å². The Morgan fingerprint density at radius 1 is 1.12 bits per heavy atom. The van der Waals surface area contributed by atoms with Crippen LogP contribution in [0.4, 0.5) is 11.4 Å². The standard InChI is InChI=1S/C22H31N5O5S/c1-24(2)22(17-5-7-18(32-4)8-6-17)16-23-20-10-9-19(15-21(20)27(28)29)33(30,31)26-13-11-25(3)12-14-26/h5-10,15,22-23H,11-14,16H2,1-4H3/t22-/m1/s1. The van der Waals surface area contributed by atoms with Gasteiger partial charge in [0.05, 0.1) is 23.0 Å². The largest absolute Gasteiger partial charge is 0.497 e. The third-order valence-electron chi connectivity index (χ3n) is 5.88. The molecule has 1 fully saturated rings. The van der Waals surface area contributed by atoms with Gasteiger partial charge in [0.25, 0.3) is 5.69 Å². The number of anilines is 1. The summed E-state index contributed by atoms with van der Waals surface area (Å²) in [7, 11) is 3.59. The van der Waals surface area contributed by atoms with Crippen LogP contribution < -0.4 is 10.1 Å². The van der Waals surface area contributed by atoms with E-state index in [1.165, 1.54) is 16.4 Å². The number of methoxy groups -OCH3 is 1. The second-order valence-electron chi connectivity index (χ2n) is 8.28. The molecule has 1 saturated heterocycles. The molecule has 1 heterocycles. The minimum absolute atomic E-state index is 0.0655. The van der Waals surface area contributed by atoms with Crippen LogP contribution in [0.1, 0.15) is 11.6 Å². The zero-order chi connectivity index (χ0) is 24.2. The van der Waals surface area contributed by atoms with Crippen LogP contribution in [0.5, 0.6) is 5.75 Å². The molecule has 2 aromatic carbocycles. The van der Waals surface area contributed by atoms with Gasteiger partial charge in [-0.3, -0.25) is 10.1 Å². The Hall–Kier alpha value is -2.73. The number of hydrogen-bond donors (Lipinski definition) is 1. The van der Waals surface area contributed by atoms with Gasteiger partial charge in [0, 0.05) is 38.8 Å². The molecule has 1 atom stereocenters. The van der Waals surface area contributed by atoms with Crippen LogP contribution in [-0.2, 0) is 10.0 Å². The van der Waals surface area contributed by atoms with Gasteiger partial charge in [0.15, 0.2) is 0 Å². The molecule has 11 heteroatoms. The lowest BCUT2D eigenvalue weighted by molar-refractivity contribution is -0.384. The maximum Gasteiger partial charge on any atom is 0.293 e. The number of likely N-dealkylation sites (N-methyl/N-ethyl adjacent to an activating group) is 2. The highest BCUT2D eigenvalue weighted by atomic mass is 32.2. The van der Waals surface area contributed by atoms with Crippen molar-refractivity contribution in [3.8, 4) is 5.75 Å². The summed E-state index contributed by atoms with van der Waals surface area (Å²) in [5.74, 6) is 0.747. The highest BCUT2D eigenvalue weighted by molar-refractivity contribution is 7.89. The van der Waals surface area contributed by atoms with Crippen molar-refractivity contribution in [1.29, 1.82) is 0 Å². The first-order valence-electron chi connectivity index (χ1n) is 10.6. The summed E-state index contributed by atoms with van der Waals surface area (Å²) in [6, 6.07) is 11.6. The third-order valence-corrected chi connectivity index (χ3v) is 7.77. The van der Waals surface area contributed by atoms with Gasteiger partial charge in [0.1, 0.15) is 11.4 Å². The zero-order valence-corrected chi connectivity index (χ0v) is 20.2. The number of benzene rings is 2. The molecule has 0 spiro atoms. The van der Waals surface area contributed by atoms with E-state index in [1.807, 2.05) is 55.2 Å². The highest BCUT2D eigenvalue weighted by Crippen LogP contribution is 2.30. The summed E-state index contributed by atoms with van der Waals surface area (Å²) in [6.07, 6.45) is 0. The molecule has 0 aromatic heterocycles. The number of hydrogen-bond acceptors (Lipinski definition) is 8. The van der Waals surface area contributed by atoms with Crippen LogP contribution in [-0.4, -0.2) is 88.4 Å². The molecule has 180 valence electrons. The maximum atomic E-state index is 13.0. The highest BCUT2D eigenvalue weighted by Gasteiger charge is 2.30. The number of nitrogens with zero attached hydrogens (tertiary/aromatic N) is 4. The normalized spacial score (nSPS) is 16.5. The first-order chi connectivity index (χ1) is 15.6. The number of piperazine rings is 1. The van der Waals surface area contributed by atoms with E-state index in [0.717, 1.165) is 17.4 Å². The summed E-state index contributed by atoms with van der Waals surface area (Å²) in [5, 5.41) is 14.9. The van der Waals surface area contributed by atoms with Crippen LogP contribution in [0, 0.1) is 10.1 Å². The van der Waals surface area contributed by atoms with E-state index >= 15 is 0 Å². The van der Waals surface area contributed by atoms with Crippen LogP contribution in [0.2, 0.25) is 0 Å². The number of rotatable bonds is 9. The molecule has 33 heavy (non-hydrogen) atoms. The first-order valence-corrected chi connectivity index (χ1v) is 12.1. The van der Waals surface area contributed by atoms with Crippen molar-refractivity contribution in [2.24, 2.45) is 0 Å². The molecular formula is C22H31N5O5S. The van der Waals surface area contributed by atoms with Crippen LogP contribution in [0.15, 0.2) is 47.4 Å². The molecule has 3 rings (SSSR count). The predicted molar refractivity (Wildman–Crippen MR) is 127 cm³/mol. The Kier molecular flexibility index (Phi) is 7.90. The van der Waals surface area contributed by atoms with Gasteiger partial charge < -0.3 is 19.9 Å². The predicted octanol–water partition coefficient (Wildman–Crippen LogP) is 2.25. The lowest BCUT2D eigenvalue weighted by Gasteiger charge is -2.31. The first kappa shape index (κ1) is 24.9. The maximum absolute atomic E-state index is 13.0. The van der Waals surface area contributed by atoms with Crippen LogP contribution >= 0.6 is 0 Å². The molecule has 0 bridgehead atoms. The van der Waals surface area contributed by atoms with E-state index in [2.05, 4.69) is 5.32 Å². The monoisotopic (exact) mass is 477 g/mol. The quantitative estimate of drug-likeness (QED) is 0.433. The van der Waals surface area contributed by atoms with Gasteiger partial charge in [-0.25, -0.2) is 8.42 Å². The van der Waals surface area contributed by atoms with Crippen LogP contribution in [0.3, 0.4) is 0 Å². The Labute approximate surface area is 194 Å². The number of nitro benzene ring substituents is 1. The van der Waals surface area contributed by atoms with E-state index in [0.29, 0.717) is 32.7 Å². The number of nitro groups is 1. The fourth-order valence-corrected chi connectivity index (χ4v) is 5.22. The van der Waals surface area contributed by atoms with Gasteiger partial charge in [-0.1, -0.05) is 12.1 Å². The van der Waals surface area contributed by atoms with Gasteiger partial charge in [0.2, 0.25) is 10.0 Å². The molecule has 1 aliphatic heterocycles. The van der Waals surface area contributed by atoms with E-state index in [4.69, 9.17) is 4.74 Å². The Bertz CT molecular complexity index is 1070. The minimum atomic E-state index is -3.80. The van der Waals surface area contributed by atoms with Crippen molar-refractivity contribution in [2.45, 2.75) is 10.9 Å². The van der Waals surface area contributed by atoms with Gasteiger partial charge in [-0.15, -0.1) is 0 Å². The van der Waals surface area contributed by atoms with Gasteiger partial charge in [-0.2, -0.15) is 4.31 Å². The summed E-state index contributed by atoms with van der Waals surface area (Å²) in [4.78, 5) is 15.2. The molecule has 2 aromatic rings. The van der Waals surface area contributed by atoms with E-state index < -0.39 is 14.9 Å². The average Bonchev–Trinajstić information content (AvgIpc) is 2.79. The van der Waals surface area contributed by atoms with E-state index in [9.17, 15) is 18.5 Å². The van der Waals surface area contributed by atoms with Gasteiger partial charge in [-0.05, 0) is 51.0 Å². The van der Waals surface area contributed by atoms with Crippen molar-refractivity contribution in [2.75, 3.05) is 66.3 Å². The lowest BCUT2D eigenvalue weighted by atomic mass is 10.1. The molecular weight excluding hydrogens is 446 g/mol. The van der Waals surface area contributed by atoms with Crippen molar-refractivity contribution < 1.29 is 18.1 Å². The van der Waals surface area contributed by atoms with Gasteiger partial charge >= 0.3 is 0 Å². The second-order valence-corrected chi connectivity index (χ2v) is 10.2. The van der Waals surface area contributed by atoms with Crippen molar-refractivity contribution in [3.63, 3.8) is 0 Å². The Morgan fingerprint density at radius 3 is 2.30 bits per heavy atom. The van der Waals surface area contributed by atoms with Crippen molar-refractivity contribution in [1.82, 2.24) is 14.1 Å². The average molecular weight is 478 g/mol. The number of ether oxygens (including phenoxy) is 1. The Morgan fingerprint density at radius 2 is 1.76 bits per heavy atom. The summed E-state index contributed by atoms with van der Waals surface area (Å²) in [5.41, 5.74) is 1.03. The molecule has 10 nitrogen and oxygen atoms in total. The number of sulfonamides is 1. The smallest absolute Gasteiger partial charge is 0.293 e. The molecule has 1 N–H and O–H groups in total. The SMILES string of the molecule is COc1ccc([C@@H](CNc2ccc(S(=O)(=O)N3CCN(C)CC3)cc2[N+](=O)[O-])N(C)C)cc1. The molecule has 0 amide bonds. The van der Waals surface area contributed by atoms with E-state index in [1.54, 1.807) is 7.11 Å². The topological polar surface area (TPSA) is 108 Å². The van der Waals surface area contributed by atoms with E-state index in [-0.39, 0.29) is 22.3 Å². The molecule has 0 unspecified atom stereocenters. The fourth-order valence-electron chi connectivity index (χ4n) is 3.78. The Balaban J connectivity index is 1.82. The minimum Gasteiger partial charge on any atom is -0.497 e. The molecule has 0 saturated carbocycles. The van der Waals surface area contributed by atoms with Crippen LogP contribution in [0.25, 0.3) is 0 Å². The molecule has 1 aliphatic rings. The fraction of sp³-hybridized carbons (Fsp3) is 0.455. The second kappa shape index (κ2) is 10.5. The zero-order valence-electron chi connectivity index (χ0n) is 19.4. The molecule has 0 radical (unpaired) electrons. The lowest BCUT2D eigenvalue weighted by Crippen LogP contribution is -2.47.